The molecule has 0 fully saturated rings. The Hall–Kier alpha value is -1.22. The summed E-state index contributed by atoms with van der Waals surface area (Å²) in [5, 5.41) is 3.41. The largest absolute Gasteiger partial charge is 0.381 e. The Morgan fingerprint density at radius 2 is 2.12 bits per heavy atom. The third kappa shape index (κ3) is 2.89. The van der Waals surface area contributed by atoms with Crippen LogP contribution in [-0.2, 0) is 13.6 Å². The number of nitrogens with zero attached hydrogens (tertiary/aromatic N) is 1. The molecule has 1 aromatic heterocycles. The summed E-state index contributed by atoms with van der Waals surface area (Å²) >= 11 is 3.50. The lowest BCUT2D eigenvalue weighted by Gasteiger charge is -2.06. The first-order valence-electron chi connectivity index (χ1n) is 5.25. The number of aromatic nitrogens is 1. The van der Waals surface area contributed by atoms with Gasteiger partial charge >= 0.3 is 0 Å². The molecule has 2 nitrogen and oxygen atoms in total. The van der Waals surface area contributed by atoms with Crippen molar-refractivity contribution in [2.45, 2.75) is 13.5 Å². The molecule has 2 rings (SSSR count). The summed E-state index contributed by atoms with van der Waals surface area (Å²) in [6.07, 6.45) is 4.18. The Kier molecular flexibility index (Phi) is 3.34. The SMILES string of the molecule is Cc1cc(Br)cc(NCc2ccn(C)c2)c1. The van der Waals surface area contributed by atoms with E-state index in [9.17, 15) is 0 Å². The van der Waals surface area contributed by atoms with Crippen LogP contribution in [0.1, 0.15) is 11.1 Å². The lowest BCUT2D eigenvalue weighted by Crippen LogP contribution is -1.98. The lowest BCUT2D eigenvalue weighted by molar-refractivity contribution is 0.920. The van der Waals surface area contributed by atoms with Crippen LogP contribution < -0.4 is 5.32 Å². The zero-order valence-electron chi connectivity index (χ0n) is 9.50. The number of anilines is 1. The van der Waals surface area contributed by atoms with Crippen molar-refractivity contribution in [3.8, 4) is 0 Å². The van der Waals surface area contributed by atoms with E-state index in [1.54, 1.807) is 0 Å². The minimum absolute atomic E-state index is 0.858. The summed E-state index contributed by atoms with van der Waals surface area (Å²) in [5.41, 5.74) is 3.70. The monoisotopic (exact) mass is 278 g/mol. The number of hydrogen-bond donors (Lipinski definition) is 1. The molecular weight excluding hydrogens is 264 g/mol. The van der Waals surface area contributed by atoms with Gasteiger partial charge in [-0.1, -0.05) is 15.9 Å². The number of nitrogens with one attached hydrogen (secondary N) is 1. The molecule has 1 aromatic carbocycles. The van der Waals surface area contributed by atoms with Crippen LogP contribution >= 0.6 is 15.9 Å². The highest BCUT2D eigenvalue weighted by atomic mass is 79.9. The van der Waals surface area contributed by atoms with Gasteiger partial charge in [-0.3, -0.25) is 0 Å². The van der Waals surface area contributed by atoms with Crippen molar-refractivity contribution in [3.63, 3.8) is 0 Å². The maximum absolute atomic E-state index is 3.50. The molecule has 84 valence electrons. The van der Waals surface area contributed by atoms with Gasteiger partial charge in [-0.25, -0.2) is 0 Å². The molecule has 0 unspecified atom stereocenters. The van der Waals surface area contributed by atoms with E-state index >= 15 is 0 Å². The van der Waals surface area contributed by atoms with Crippen molar-refractivity contribution in [1.82, 2.24) is 4.57 Å². The van der Waals surface area contributed by atoms with Crippen molar-refractivity contribution in [3.05, 3.63) is 52.3 Å². The molecule has 2 aromatic rings. The van der Waals surface area contributed by atoms with Crippen LogP contribution in [-0.4, -0.2) is 4.57 Å². The summed E-state index contributed by atoms with van der Waals surface area (Å²) in [6, 6.07) is 8.47. The van der Waals surface area contributed by atoms with Gasteiger partial charge in [0.2, 0.25) is 0 Å². The van der Waals surface area contributed by atoms with Gasteiger partial charge in [0.1, 0.15) is 0 Å². The molecule has 3 heteroatoms. The van der Waals surface area contributed by atoms with E-state index in [1.807, 2.05) is 7.05 Å². The summed E-state index contributed by atoms with van der Waals surface area (Å²) in [6.45, 7) is 2.95. The highest BCUT2D eigenvalue weighted by Crippen LogP contribution is 2.19. The van der Waals surface area contributed by atoms with Gasteiger partial charge in [-0.2, -0.15) is 0 Å². The average molecular weight is 279 g/mol. The predicted octanol–water partition coefficient (Wildman–Crippen LogP) is 3.71. The quantitative estimate of drug-likeness (QED) is 0.906. The van der Waals surface area contributed by atoms with Crippen molar-refractivity contribution in [2.75, 3.05) is 5.32 Å². The minimum Gasteiger partial charge on any atom is -0.381 e. The summed E-state index contributed by atoms with van der Waals surface area (Å²) in [7, 11) is 2.03. The second-order valence-electron chi connectivity index (χ2n) is 4.06. The summed E-state index contributed by atoms with van der Waals surface area (Å²) in [4.78, 5) is 0. The summed E-state index contributed by atoms with van der Waals surface area (Å²) in [5.74, 6) is 0. The highest BCUT2D eigenvalue weighted by molar-refractivity contribution is 9.10. The number of rotatable bonds is 3. The third-order valence-corrected chi connectivity index (χ3v) is 2.89. The van der Waals surface area contributed by atoms with Gasteiger partial charge in [0.25, 0.3) is 0 Å². The number of aryl methyl sites for hydroxylation is 2. The van der Waals surface area contributed by atoms with E-state index < -0.39 is 0 Å². The number of benzene rings is 1. The van der Waals surface area contributed by atoms with Crippen LogP contribution in [0, 0.1) is 6.92 Å². The molecule has 0 bridgehead atoms. The maximum Gasteiger partial charge on any atom is 0.0415 e. The lowest BCUT2D eigenvalue weighted by atomic mass is 10.2. The number of halogens is 1. The van der Waals surface area contributed by atoms with Gasteiger partial charge in [0.05, 0.1) is 0 Å². The first-order chi connectivity index (χ1) is 7.63. The molecule has 1 N–H and O–H groups in total. The molecule has 0 aliphatic carbocycles. The second kappa shape index (κ2) is 4.74. The van der Waals surface area contributed by atoms with Gasteiger partial charge in [0.15, 0.2) is 0 Å². The molecule has 0 saturated heterocycles. The topological polar surface area (TPSA) is 17.0 Å². The Bertz CT molecular complexity index is 468. The molecule has 0 saturated carbocycles. The zero-order chi connectivity index (χ0) is 11.5. The van der Waals surface area contributed by atoms with Crippen LogP contribution in [0.15, 0.2) is 41.1 Å². The third-order valence-electron chi connectivity index (χ3n) is 2.43. The molecule has 0 atom stereocenters. The normalized spacial score (nSPS) is 10.4. The van der Waals surface area contributed by atoms with Gasteiger partial charge in [-0.15, -0.1) is 0 Å². The first-order valence-corrected chi connectivity index (χ1v) is 6.05. The molecule has 0 radical (unpaired) electrons. The molecule has 0 aliphatic rings. The Labute approximate surface area is 104 Å². The van der Waals surface area contributed by atoms with E-state index in [0.717, 1.165) is 16.7 Å². The molecule has 0 amide bonds. The van der Waals surface area contributed by atoms with Gasteiger partial charge in [-0.05, 0) is 42.3 Å². The maximum atomic E-state index is 3.50. The predicted molar refractivity (Wildman–Crippen MR) is 71.6 cm³/mol. The van der Waals surface area contributed by atoms with Gasteiger partial charge in [0, 0.05) is 36.1 Å². The van der Waals surface area contributed by atoms with Crippen LogP contribution in [0.4, 0.5) is 5.69 Å². The standard InChI is InChI=1S/C13H15BrN2/c1-10-5-12(14)7-13(6-10)15-8-11-3-4-16(2)9-11/h3-7,9,15H,8H2,1-2H3. The average Bonchev–Trinajstić information content (AvgIpc) is 2.60. The van der Waals surface area contributed by atoms with E-state index in [-0.39, 0.29) is 0 Å². The van der Waals surface area contributed by atoms with Crippen molar-refractivity contribution in [2.24, 2.45) is 7.05 Å². The van der Waals surface area contributed by atoms with E-state index in [2.05, 4.69) is 69.4 Å². The number of hydrogen-bond acceptors (Lipinski definition) is 1. The van der Waals surface area contributed by atoms with Crippen LogP contribution in [0.25, 0.3) is 0 Å². The molecule has 0 spiro atoms. The Morgan fingerprint density at radius 3 is 2.75 bits per heavy atom. The van der Waals surface area contributed by atoms with Gasteiger partial charge < -0.3 is 9.88 Å². The van der Waals surface area contributed by atoms with Crippen molar-refractivity contribution >= 4 is 21.6 Å². The van der Waals surface area contributed by atoms with Crippen molar-refractivity contribution < 1.29 is 0 Å². The Balaban J connectivity index is 2.04. The fourth-order valence-electron chi connectivity index (χ4n) is 1.71. The van der Waals surface area contributed by atoms with Crippen LogP contribution in [0.5, 0.6) is 0 Å². The minimum atomic E-state index is 0.858. The molecular formula is C13H15BrN2. The first kappa shape index (κ1) is 11.3. The van der Waals surface area contributed by atoms with E-state index in [1.165, 1.54) is 11.1 Å². The second-order valence-corrected chi connectivity index (χ2v) is 4.97. The van der Waals surface area contributed by atoms with Crippen LogP contribution in [0.2, 0.25) is 0 Å². The summed E-state index contributed by atoms with van der Waals surface area (Å²) < 4.78 is 3.17. The zero-order valence-corrected chi connectivity index (χ0v) is 11.1. The molecule has 0 aliphatic heterocycles. The fourth-order valence-corrected chi connectivity index (χ4v) is 2.32. The highest BCUT2D eigenvalue weighted by Gasteiger charge is 1.98. The smallest absolute Gasteiger partial charge is 0.0415 e. The Morgan fingerprint density at radius 1 is 1.31 bits per heavy atom. The fraction of sp³-hybridized carbons (Fsp3) is 0.231. The molecule has 16 heavy (non-hydrogen) atoms. The van der Waals surface area contributed by atoms with Crippen molar-refractivity contribution in [1.29, 1.82) is 0 Å². The van der Waals surface area contributed by atoms with E-state index in [4.69, 9.17) is 0 Å². The van der Waals surface area contributed by atoms with Crippen LogP contribution in [0.3, 0.4) is 0 Å². The van der Waals surface area contributed by atoms with E-state index in [0.29, 0.717) is 0 Å². The molecule has 1 heterocycles.